The molecule has 2 rings (SSSR count). The molecule has 0 saturated heterocycles. The maximum atomic E-state index is 11.0. The number of rotatable bonds is 2. The van der Waals surface area contributed by atoms with Crippen molar-refractivity contribution in [1.82, 2.24) is 4.98 Å². The van der Waals surface area contributed by atoms with Crippen LogP contribution in [-0.2, 0) is 0 Å². The Balaban J connectivity index is 2.47. The van der Waals surface area contributed by atoms with Crippen molar-refractivity contribution in [3.05, 3.63) is 49.2 Å². The topological polar surface area (TPSA) is 56.0 Å². The highest BCUT2D eigenvalue weighted by atomic mass is 127. The highest BCUT2D eigenvalue weighted by Crippen LogP contribution is 2.26. The van der Waals surface area contributed by atoms with E-state index in [0.29, 0.717) is 5.56 Å². The van der Waals surface area contributed by atoms with Gasteiger partial charge in [0.2, 0.25) is 5.91 Å². The summed E-state index contributed by atoms with van der Waals surface area (Å²) in [6.07, 6.45) is 1.78. The van der Waals surface area contributed by atoms with Crippen molar-refractivity contribution in [3.8, 4) is 11.3 Å². The van der Waals surface area contributed by atoms with Gasteiger partial charge in [-0.15, -0.1) is 0 Å². The largest absolute Gasteiger partial charge is 0.366 e. The Labute approximate surface area is 126 Å². The molecule has 3 nitrogen and oxygen atoms in total. The Morgan fingerprint density at radius 2 is 1.76 bits per heavy atom. The van der Waals surface area contributed by atoms with Crippen LogP contribution in [0.5, 0.6) is 0 Å². The van der Waals surface area contributed by atoms with Gasteiger partial charge in [-0.2, -0.15) is 0 Å². The number of hydrogen-bond acceptors (Lipinski definition) is 2. The number of carbonyl (C=O) groups excluding carboxylic acids is 1. The Bertz CT molecular complexity index is 567. The van der Waals surface area contributed by atoms with Gasteiger partial charge in [-0.05, 0) is 63.4 Å². The lowest BCUT2D eigenvalue weighted by Gasteiger charge is -2.05. The number of carbonyl (C=O) groups is 1. The van der Waals surface area contributed by atoms with Gasteiger partial charge in [-0.1, -0.05) is 12.1 Å². The van der Waals surface area contributed by atoms with Crippen LogP contribution in [0.2, 0.25) is 0 Å². The molecule has 0 radical (unpaired) electrons. The molecule has 17 heavy (non-hydrogen) atoms. The number of halogens is 2. The second kappa shape index (κ2) is 5.30. The standard InChI is InChI=1S/C12H8I2N2O/c13-9-5-6-16-11(10(9)14)7-1-3-8(4-2-7)12(15)17/h1-6H,(H2,15,17). The van der Waals surface area contributed by atoms with Gasteiger partial charge in [-0.3, -0.25) is 9.78 Å². The van der Waals surface area contributed by atoms with E-state index in [9.17, 15) is 4.79 Å². The van der Waals surface area contributed by atoms with Gasteiger partial charge in [0.15, 0.2) is 0 Å². The number of pyridine rings is 1. The summed E-state index contributed by atoms with van der Waals surface area (Å²) in [6.45, 7) is 0. The zero-order chi connectivity index (χ0) is 12.4. The van der Waals surface area contributed by atoms with Gasteiger partial charge in [0.05, 0.1) is 9.26 Å². The number of benzene rings is 1. The summed E-state index contributed by atoms with van der Waals surface area (Å²) in [5.41, 5.74) is 7.62. The van der Waals surface area contributed by atoms with Gasteiger partial charge in [-0.25, -0.2) is 0 Å². The quantitative estimate of drug-likeness (QED) is 0.716. The lowest BCUT2D eigenvalue weighted by molar-refractivity contribution is 0.100. The predicted molar refractivity (Wildman–Crippen MR) is 83.6 cm³/mol. The van der Waals surface area contributed by atoms with E-state index in [4.69, 9.17) is 5.73 Å². The molecule has 86 valence electrons. The minimum atomic E-state index is -0.415. The number of hydrogen-bond donors (Lipinski definition) is 1. The molecule has 0 aliphatic rings. The number of nitrogens with two attached hydrogens (primary N) is 1. The zero-order valence-electron chi connectivity index (χ0n) is 8.65. The molecule has 0 spiro atoms. The lowest BCUT2D eigenvalue weighted by atomic mass is 10.1. The van der Waals surface area contributed by atoms with Crippen LogP contribution in [-0.4, -0.2) is 10.9 Å². The predicted octanol–water partition coefficient (Wildman–Crippen LogP) is 3.06. The van der Waals surface area contributed by atoms with E-state index in [2.05, 4.69) is 50.2 Å². The first-order valence-corrected chi connectivity index (χ1v) is 6.95. The van der Waals surface area contributed by atoms with Gasteiger partial charge in [0.25, 0.3) is 0 Å². The summed E-state index contributed by atoms with van der Waals surface area (Å²) in [7, 11) is 0. The van der Waals surface area contributed by atoms with E-state index in [1.807, 2.05) is 18.2 Å². The van der Waals surface area contributed by atoms with Crippen LogP contribution in [0.15, 0.2) is 36.5 Å². The molecule has 1 aromatic heterocycles. The molecule has 0 saturated carbocycles. The third-order valence-electron chi connectivity index (χ3n) is 2.28. The van der Waals surface area contributed by atoms with E-state index in [-0.39, 0.29) is 0 Å². The Morgan fingerprint density at radius 3 is 2.35 bits per heavy atom. The molecule has 0 unspecified atom stereocenters. The van der Waals surface area contributed by atoms with Crippen molar-refractivity contribution >= 4 is 51.1 Å². The van der Waals surface area contributed by atoms with Crippen LogP contribution in [0.4, 0.5) is 0 Å². The van der Waals surface area contributed by atoms with Crippen molar-refractivity contribution in [3.63, 3.8) is 0 Å². The van der Waals surface area contributed by atoms with E-state index in [1.54, 1.807) is 18.3 Å². The first-order chi connectivity index (χ1) is 8.09. The first-order valence-electron chi connectivity index (χ1n) is 4.80. The molecule has 2 aromatic rings. The highest BCUT2D eigenvalue weighted by molar-refractivity contribution is 14.1. The summed E-state index contributed by atoms with van der Waals surface area (Å²) in [6, 6.07) is 9.12. The molecule has 1 amide bonds. The summed E-state index contributed by atoms with van der Waals surface area (Å²) < 4.78 is 2.27. The Kier molecular flexibility index (Phi) is 3.97. The van der Waals surface area contributed by atoms with Crippen molar-refractivity contribution in [2.75, 3.05) is 0 Å². The van der Waals surface area contributed by atoms with E-state index < -0.39 is 5.91 Å². The van der Waals surface area contributed by atoms with Crippen LogP contribution in [0, 0.1) is 7.14 Å². The molecule has 5 heteroatoms. The molecule has 0 fully saturated rings. The minimum absolute atomic E-state index is 0.415. The van der Waals surface area contributed by atoms with Crippen LogP contribution in [0.25, 0.3) is 11.3 Å². The molecule has 0 atom stereocenters. The summed E-state index contributed by atoms with van der Waals surface area (Å²) in [5.74, 6) is -0.415. The van der Waals surface area contributed by atoms with Crippen molar-refractivity contribution in [2.45, 2.75) is 0 Å². The monoisotopic (exact) mass is 450 g/mol. The molecule has 2 N–H and O–H groups in total. The number of primary amides is 1. The summed E-state index contributed by atoms with van der Waals surface area (Å²) >= 11 is 4.54. The van der Waals surface area contributed by atoms with Crippen LogP contribution < -0.4 is 5.73 Å². The smallest absolute Gasteiger partial charge is 0.248 e. The number of nitrogens with zero attached hydrogens (tertiary/aromatic N) is 1. The number of aromatic nitrogens is 1. The summed E-state index contributed by atoms with van der Waals surface area (Å²) in [4.78, 5) is 15.3. The summed E-state index contributed by atoms with van der Waals surface area (Å²) in [5, 5.41) is 0. The molecular weight excluding hydrogens is 442 g/mol. The van der Waals surface area contributed by atoms with Crippen LogP contribution >= 0.6 is 45.2 Å². The van der Waals surface area contributed by atoms with Gasteiger partial charge >= 0.3 is 0 Å². The number of amides is 1. The van der Waals surface area contributed by atoms with Crippen molar-refractivity contribution in [2.24, 2.45) is 5.73 Å². The molecule has 0 aliphatic heterocycles. The second-order valence-corrected chi connectivity index (χ2v) is 5.64. The lowest BCUT2D eigenvalue weighted by Crippen LogP contribution is -2.10. The fourth-order valence-electron chi connectivity index (χ4n) is 1.41. The van der Waals surface area contributed by atoms with Crippen LogP contribution in [0.1, 0.15) is 10.4 Å². The SMILES string of the molecule is NC(=O)c1ccc(-c2nccc(I)c2I)cc1. The third kappa shape index (κ3) is 2.76. The third-order valence-corrected chi connectivity index (χ3v) is 5.31. The van der Waals surface area contributed by atoms with Gasteiger partial charge in [0.1, 0.15) is 0 Å². The molecular formula is C12H8I2N2O. The Morgan fingerprint density at radius 1 is 1.12 bits per heavy atom. The molecule has 1 heterocycles. The fourth-order valence-corrected chi connectivity index (χ4v) is 2.46. The zero-order valence-corrected chi connectivity index (χ0v) is 13.0. The minimum Gasteiger partial charge on any atom is -0.366 e. The van der Waals surface area contributed by atoms with Crippen LogP contribution in [0.3, 0.4) is 0 Å². The van der Waals surface area contributed by atoms with E-state index in [0.717, 1.165) is 18.4 Å². The molecule has 0 aliphatic carbocycles. The first kappa shape index (κ1) is 12.7. The van der Waals surface area contributed by atoms with Crippen molar-refractivity contribution < 1.29 is 4.79 Å². The van der Waals surface area contributed by atoms with Gasteiger partial charge in [0, 0.05) is 20.9 Å². The van der Waals surface area contributed by atoms with E-state index in [1.165, 1.54) is 0 Å². The molecule has 1 aromatic carbocycles. The van der Waals surface area contributed by atoms with Crippen molar-refractivity contribution in [1.29, 1.82) is 0 Å². The Hall–Kier alpha value is -0.700. The maximum absolute atomic E-state index is 11.0. The average molecular weight is 450 g/mol. The highest BCUT2D eigenvalue weighted by Gasteiger charge is 2.08. The van der Waals surface area contributed by atoms with E-state index >= 15 is 0 Å². The fraction of sp³-hybridized carbons (Fsp3) is 0. The molecule has 0 bridgehead atoms. The maximum Gasteiger partial charge on any atom is 0.248 e. The van der Waals surface area contributed by atoms with Gasteiger partial charge < -0.3 is 5.73 Å². The average Bonchev–Trinajstić information content (AvgIpc) is 2.33. The second-order valence-electron chi connectivity index (χ2n) is 3.40. The normalized spacial score (nSPS) is 10.2.